The Bertz CT molecular complexity index is 423. The van der Waals surface area contributed by atoms with E-state index < -0.39 is 0 Å². The zero-order chi connectivity index (χ0) is 16.0. The predicted octanol–water partition coefficient (Wildman–Crippen LogP) is 3.80. The van der Waals surface area contributed by atoms with Gasteiger partial charge in [-0.3, -0.25) is 0 Å². The molecule has 0 radical (unpaired) electrons. The summed E-state index contributed by atoms with van der Waals surface area (Å²) >= 11 is 0. The van der Waals surface area contributed by atoms with Crippen LogP contribution < -0.4 is 19.5 Å². The zero-order valence-corrected chi connectivity index (χ0v) is 14.3. The quantitative estimate of drug-likeness (QED) is 0.792. The molecule has 1 rings (SSSR count). The zero-order valence-electron chi connectivity index (χ0n) is 14.3. The lowest BCUT2D eigenvalue weighted by Crippen LogP contribution is -2.34. The van der Waals surface area contributed by atoms with Gasteiger partial charge in [0.2, 0.25) is 5.75 Å². The number of hydrogen-bond donors (Lipinski definition) is 1. The van der Waals surface area contributed by atoms with Gasteiger partial charge in [-0.2, -0.15) is 0 Å². The molecule has 1 aromatic carbocycles. The van der Waals surface area contributed by atoms with E-state index in [0.29, 0.717) is 29.2 Å². The van der Waals surface area contributed by atoms with Gasteiger partial charge in [0, 0.05) is 12.1 Å². The number of nitrogens with one attached hydrogen (secondary N) is 1. The minimum Gasteiger partial charge on any atom is -0.493 e. The largest absolute Gasteiger partial charge is 0.493 e. The van der Waals surface area contributed by atoms with E-state index in [-0.39, 0.29) is 6.04 Å². The molecule has 120 valence electrons. The first-order valence-corrected chi connectivity index (χ1v) is 7.54. The van der Waals surface area contributed by atoms with E-state index in [0.717, 1.165) is 12.0 Å². The molecule has 3 atom stereocenters. The average Bonchev–Trinajstić information content (AvgIpc) is 2.51. The Morgan fingerprint density at radius 1 is 0.952 bits per heavy atom. The van der Waals surface area contributed by atoms with Gasteiger partial charge in [-0.25, -0.2) is 0 Å². The molecule has 0 saturated carbocycles. The SMILES string of the molecule is CCC(C)C(C)NC(C)c1cc(OC)c(OC)c(OC)c1. The number of ether oxygens (including phenoxy) is 3. The van der Waals surface area contributed by atoms with E-state index in [2.05, 4.69) is 33.0 Å². The Labute approximate surface area is 128 Å². The van der Waals surface area contributed by atoms with E-state index >= 15 is 0 Å². The molecule has 0 bridgehead atoms. The van der Waals surface area contributed by atoms with Crippen molar-refractivity contribution in [2.75, 3.05) is 21.3 Å². The molecule has 0 heterocycles. The molecule has 4 heteroatoms. The van der Waals surface area contributed by atoms with Crippen molar-refractivity contribution in [3.05, 3.63) is 17.7 Å². The minimum absolute atomic E-state index is 0.211. The number of hydrogen-bond acceptors (Lipinski definition) is 4. The van der Waals surface area contributed by atoms with Crippen LogP contribution in [0.15, 0.2) is 12.1 Å². The third-order valence-electron chi connectivity index (χ3n) is 4.20. The lowest BCUT2D eigenvalue weighted by molar-refractivity contribution is 0.321. The van der Waals surface area contributed by atoms with Crippen LogP contribution >= 0.6 is 0 Å². The Morgan fingerprint density at radius 2 is 1.48 bits per heavy atom. The maximum Gasteiger partial charge on any atom is 0.203 e. The van der Waals surface area contributed by atoms with Crippen molar-refractivity contribution < 1.29 is 14.2 Å². The smallest absolute Gasteiger partial charge is 0.203 e. The average molecular weight is 295 g/mol. The third-order valence-corrected chi connectivity index (χ3v) is 4.20. The normalized spacial score (nSPS) is 15.2. The lowest BCUT2D eigenvalue weighted by Gasteiger charge is -2.25. The van der Waals surface area contributed by atoms with Crippen molar-refractivity contribution in [1.29, 1.82) is 0 Å². The van der Waals surface area contributed by atoms with Crippen LogP contribution in [0.5, 0.6) is 17.2 Å². The van der Waals surface area contributed by atoms with Gasteiger partial charge in [-0.05, 0) is 37.5 Å². The molecule has 0 aliphatic rings. The fraction of sp³-hybridized carbons (Fsp3) is 0.647. The first kappa shape index (κ1) is 17.6. The Kier molecular flexibility index (Phi) is 6.82. The molecule has 0 fully saturated rings. The highest BCUT2D eigenvalue weighted by Crippen LogP contribution is 2.39. The first-order valence-electron chi connectivity index (χ1n) is 7.54. The van der Waals surface area contributed by atoms with Crippen LogP contribution in [0.3, 0.4) is 0 Å². The van der Waals surface area contributed by atoms with Gasteiger partial charge in [0.15, 0.2) is 11.5 Å². The maximum absolute atomic E-state index is 5.41. The number of benzene rings is 1. The molecule has 3 unspecified atom stereocenters. The summed E-state index contributed by atoms with van der Waals surface area (Å²) in [7, 11) is 4.90. The fourth-order valence-corrected chi connectivity index (χ4v) is 2.36. The van der Waals surface area contributed by atoms with E-state index in [9.17, 15) is 0 Å². The van der Waals surface area contributed by atoms with Gasteiger partial charge in [0.25, 0.3) is 0 Å². The van der Waals surface area contributed by atoms with Crippen molar-refractivity contribution in [2.45, 2.75) is 46.2 Å². The van der Waals surface area contributed by atoms with Crippen LogP contribution in [0.4, 0.5) is 0 Å². The highest BCUT2D eigenvalue weighted by Gasteiger charge is 2.18. The summed E-state index contributed by atoms with van der Waals surface area (Å²) in [6.45, 7) is 8.86. The van der Waals surface area contributed by atoms with Gasteiger partial charge < -0.3 is 19.5 Å². The summed E-state index contributed by atoms with van der Waals surface area (Å²) in [5, 5.41) is 3.63. The summed E-state index contributed by atoms with van der Waals surface area (Å²) in [5.41, 5.74) is 1.12. The Balaban J connectivity index is 3.01. The summed E-state index contributed by atoms with van der Waals surface area (Å²) in [6, 6.07) is 4.66. The van der Waals surface area contributed by atoms with Gasteiger partial charge >= 0.3 is 0 Å². The summed E-state index contributed by atoms with van der Waals surface area (Å²) < 4.78 is 16.2. The summed E-state index contributed by atoms with van der Waals surface area (Å²) in [5.74, 6) is 2.65. The topological polar surface area (TPSA) is 39.7 Å². The Morgan fingerprint density at radius 3 is 1.86 bits per heavy atom. The molecule has 21 heavy (non-hydrogen) atoms. The van der Waals surface area contributed by atoms with Crippen molar-refractivity contribution in [3.63, 3.8) is 0 Å². The summed E-state index contributed by atoms with van der Waals surface area (Å²) in [4.78, 5) is 0. The Hall–Kier alpha value is -1.42. The monoisotopic (exact) mass is 295 g/mol. The van der Waals surface area contributed by atoms with Gasteiger partial charge in [-0.1, -0.05) is 20.3 Å². The number of rotatable bonds is 8. The van der Waals surface area contributed by atoms with Gasteiger partial charge in [0.05, 0.1) is 21.3 Å². The van der Waals surface area contributed by atoms with Crippen molar-refractivity contribution in [2.24, 2.45) is 5.92 Å². The van der Waals surface area contributed by atoms with E-state index in [1.54, 1.807) is 21.3 Å². The first-order chi connectivity index (χ1) is 9.98. The van der Waals surface area contributed by atoms with E-state index in [1.165, 1.54) is 0 Å². The van der Waals surface area contributed by atoms with Gasteiger partial charge in [-0.15, -0.1) is 0 Å². The second-order valence-corrected chi connectivity index (χ2v) is 5.52. The molecule has 0 amide bonds. The molecule has 0 aromatic heterocycles. The van der Waals surface area contributed by atoms with Crippen molar-refractivity contribution in [3.8, 4) is 17.2 Å². The van der Waals surface area contributed by atoms with Crippen molar-refractivity contribution in [1.82, 2.24) is 5.32 Å². The third kappa shape index (κ3) is 4.27. The molecule has 0 spiro atoms. The van der Waals surface area contributed by atoms with Crippen LogP contribution in [-0.4, -0.2) is 27.4 Å². The fourth-order valence-electron chi connectivity index (χ4n) is 2.36. The lowest BCUT2D eigenvalue weighted by atomic mass is 9.98. The maximum atomic E-state index is 5.41. The van der Waals surface area contributed by atoms with Crippen LogP contribution in [-0.2, 0) is 0 Å². The second kappa shape index (κ2) is 8.13. The van der Waals surface area contributed by atoms with Crippen LogP contribution in [0.1, 0.15) is 45.7 Å². The standard InChI is InChI=1S/C17H29NO3/c1-8-11(2)12(3)18-13(4)14-9-15(19-5)17(21-7)16(10-14)20-6/h9-13,18H,8H2,1-7H3. The van der Waals surface area contributed by atoms with Crippen LogP contribution in [0.25, 0.3) is 0 Å². The molecule has 0 aliphatic heterocycles. The van der Waals surface area contributed by atoms with Crippen LogP contribution in [0, 0.1) is 5.92 Å². The van der Waals surface area contributed by atoms with Crippen LogP contribution in [0.2, 0.25) is 0 Å². The predicted molar refractivity (Wildman–Crippen MR) is 86.6 cm³/mol. The molecular formula is C17H29NO3. The summed E-state index contributed by atoms with van der Waals surface area (Å²) in [6.07, 6.45) is 1.16. The molecule has 0 saturated heterocycles. The second-order valence-electron chi connectivity index (χ2n) is 5.52. The molecule has 1 aromatic rings. The highest BCUT2D eigenvalue weighted by atomic mass is 16.5. The van der Waals surface area contributed by atoms with E-state index in [4.69, 9.17) is 14.2 Å². The molecule has 4 nitrogen and oxygen atoms in total. The van der Waals surface area contributed by atoms with Crippen molar-refractivity contribution >= 4 is 0 Å². The number of methoxy groups -OCH3 is 3. The molecule has 1 N–H and O–H groups in total. The molecular weight excluding hydrogens is 266 g/mol. The highest BCUT2D eigenvalue weighted by molar-refractivity contribution is 5.54. The molecule has 0 aliphatic carbocycles. The van der Waals surface area contributed by atoms with Gasteiger partial charge in [0.1, 0.15) is 0 Å². The minimum atomic E-state index is 0.211. The van der Waals surface area contributed by atoms with E-state index in [1.807, 2.05) is 12.1 Å².